The molecule has 2 nitrogen and oxygen atoms in total. The molecule has 1 N–H and O–H groups in total. The highest BCUT2D eigenvalue weighted by molar-refractivity contribution is 9.10. The summed E-state index contributed by atoms with van der Waals surface area (Å²) >= 11 is 9.44. The molecule has 106 valence electrons. The average molecular weight is 347 g/mol. The number of halogens is 2. The van der Waals surface area contributed by atoms with Crippen LogP contribution in [-0.4, -0.2) is 11.9 Å². The van der Waals surface area contributed by atoms with Gasteiger partial charge in [0.1, 0.15) is 0 Å². The van der Waals surface area contributed by atoms with Gasteiger partial charge in [-0.25, -0.2) is 0 Å². The van der Waals surface area contributed by atoms with E-state index in [9.17, 15) is 4.79 Å². The van der Waals surface area contributed by atoms with Gasteiger partial charge in [-0.15, -0.1) is 0 Å². The lowest BCUT2D eigenvalue weighted by Gasteiger charge is -2.15. The van der Waals surface area contributed by atoms with E-state index in [0.29, 0.717) is 16.5 Å². The minimum Gasteiger partial charge on any atom is -0.350 e. The molecule has 1 unspecified atom stereocenters. The molecule has 0 aliphatic carbocycles. The standard InChI is InChI=1S/C15H21BrClNO/c1-10(2)6-4-7-11(3)18-15(19)12-8-5-9-13(16)14(12)17/h5,8-11H,4,6-7H2,1-3H3,(H,18,19). The van der Waals surface area contributed by atoms with Crippen molar-refractivity contribution in [2.24, 2.45) is 5.92 Å². The Morgan fingerprint density at radius 1 is 1.32 bits per heavy atom. The molecule has 0 aromatic heterocycles. The number of rotatable bonds is 6. The van der Waals surface area contributed by atoms with Crippen molar-refractivity contribution < 1.29 is 4.79 Å². The van der Waals surface area contributed by atoms with Crippen LogP contribution in [0.2, 0.25) is 5.02 Å². The fourth-order valence-corrected chi connectivity index (χ4v) is 2.46. The lowest BCUT2D eigenvalue weighted by atomic mass is 10.0. The molecule has 0 saturated carbocycles. The second kappa shape index (κ2) is 7.91. The fraction of sp³-hybridized carbons (Fsp3) is 0.533. The molecule has 0 heterocycles. The molecule has 0 spiro atoms. The first-order valence-electron chi connectivity index (χ1n) is 6.66. The number of benzene rings is 1. The monoisotopic (exact) mass is 345 g/mol. The third-order valence-corrected chi connectivity index (χ3v) is 4.29. The van der Waals surface area contributed by atoms with Gasteiger partial charge >= 0.3 is 0 Å². The second-order valence-corrected chi connectivity index (χ2v) is 6.53. The molecule has 0 bridgehead atoms. The fourth-order valence-electron chi connectivity index (χ4n) is 1.89. The molecule has 19 heavy (non-hydrogen) atoms. The van der Waals surface area contributed by atoms with Crippen molar-refractivity contribution in [3.8, 4) is 0 Å². The van der Waals surface area contributed by atoms with Gasteiger partial charge in [0.25, 0.3) is 5.91 Å². The Morgan fingerprint density at radius 3 is 2.63 bits per heavy atom. The van der Waals surface area contributed by atoms with Gasteiger partial charge in [0.15, 0.2) is 0 Å². The first-order chi connectivity index (χ1) is 8.91. The van der Waals surface area contributed by atoms with E-state index in [1.807, 2.05) is 19.1 Å². The van der Waals surface area contributed by atoms with Gasteiger partial charge in [-0.3, -0.25) is 4.79 Å². The highest BCUT2D eigenvalue weighted by Crippen LogP contribution is 2.26. The van der Waals surface area contributed by atoms with Crippen LogP contribution in [0.4, 0.5) is 0 Å². The molecular formula is C15H21BrClNO. The highest BCUT2D eigenvalue weighted by Gasteiger charge is 2.14. The first kappa shape index (κ1) is 16.5. The van der Waals surface area contributed by atoms with E-state index < -0.39 is 0 Å². The Kier molecular flexibility index (Phi) is 6.87. The van der Waals surface area contributed by atoms with Crippen molar-refractivity contribution in [1.29, 1.82) is 0 Å². The molecule has 0 aliphatic rings. The molecule has 1 atom stereocenters. The third-order valence-electron chi connectivity index (χ3n) is 2.99. The van der Waals surface area contributed by atoms with Gasteiger partial charge in [0, 0.05) is 10.5 Å². The summed E-state index contributed by atoms with van der Waals surface area (Å²) in [5.74, 6) is 0.603. The summed E-state index contributed by atoms with van der Waals surface area (Å²) in [6, 6.07) is 5.55. The maximum atomic E-state index is 12.1. The number of carbonyl (C=O) groups is 1. The van der Waals surface area contributed by atoms with Crippen molar-refractivity contribution >= 4 is 33.4 Å². The SMILES string of the molecule is CC(C)CCCC(C)NC(=O)c1cccc(Br)c1Cl. The zero-order valence-electron chi connectivity index (χ0n) is 11.7. The number of nitrogens with one attached hydrogen (secondary N) is 1. The van der Waals surface area contributed by atoms with Crippen LogP contribution in [0.1, 0.15) is 50.4 Å². The van der Waals surface area contributed by atoms with Gasteiger partial charge in [0.2, 0.25) is 0 Å². The minimum absolute atomic E-state index is 0.108. The topological polar surface area (TPSA) is 29.1 Å². The molecular weight excluding hydrogens is 326 g/mol. The number of carbonyl (C=O) groups excluding carboxylic acids is 1. The molecule has 0 aliphatic heterocycles. The summed E-state index contributed by atoms with van der Waals surface area (Å²) in [5.41, 5.74) is 0.520. The van der Waals surface area contributed by atoms with Crippen molar-refractivity contribution in [2.45, 2.75) is 46.1 Å². The summed E-state index contributed by atoms with van der Waals surface area (Å²) in [6.07, 6.45) is 3.32. The summed E-state index contributed by atoms with van der Waals surface area (Å²) in [6.45, 7) is 6.46. The van der Waals surface area contributed by atoms with Gasteiger partial charge in [-0.05, 0) is 47.3 Å². The van der Waals surface area contributed by atoms with Gasteiger partial charge in [0.05, 0.1) is 10.6 Å². The highest BCUT2D eigenvalue weighted by atomic mass is 79.9. The molecule has 0 fully saturated rings. The Bertz CT molecular complexity index is 434. The van der Waals surface area contributed by atoms with Crippen molar-refractivity contribution in [1.82, 2.24) is 5.32 Å². The predicted octanol–water partition coefficient (Wildman–Crippen LogP) is 5.05. The molecule has 0 saturated heterocycles. The van der Waals surface area contributed by atoms with Gasteiger partial charge in [-0.2, -0.15) is 0 Å². The molecule has 1 aromatic carbocycles. The van der Waals surface area contributed by atoms with Crippen LogP contribution in [0.15, 0.2) is 22.7 Å². The number of hydrogen-bond acceptors (Lipinski definition) is 1. The molecule has 0 radical (unpaired) electrons. The minimum atomic E-state index is -0.108. The number of hydrogen-bond donors (Lipinski definition) is 1. The molecule has 4 heteroatoms. The summed E-state index contributed by atoms with van der Waals surface area (Å²) in [4.78, 5) is 12.1. The Morgan fingerprint density at radius 2 is 2.00 bits per heavy atom. The van der Waals surface area contributed by atoms with Crippen LogP contribution >= 0.6 is 27.5 Å². The number of amides is 1. The van der Waals surface area contributed by atoms with Crippen LogP contribution < -0.4 is 5.32 Å². The van der Waals surface area contributed by atoms with Crippen molar-refractivity contribution in [3.63, 3.8) is 0 Å². The summed E-state index contributed by atoms with van der Waals surface area (Å²) in [5, 5.41) is 3.46. The quantitative estimate of drug-likeness (QED) is 0.767. The van der Waals surface area contributed by atoms with Crippen molar-refractivity contribution in [2.75, 3.05) is 0 Å². The summed E-state index contributed by atoms with van der Waals surface area (Å²) in [7, 11) is 0. The Balaban J connectivity index is 2.52. The van der Waals surface area contributed by atoms with E-state index in [2.05, 4.69) is 35.1 Å². The van der Waals surface area contributed by atoms with Crippen LogP contribution in [0.25, 0.3) is 0 Å². The normalized spacial score (nSPS) is 12.5. The Labute approximate surface area is 129 Å². The smallest absolute Gasteiger partial charge is 0.253 e. The molecule has 1 amide bonds. The third kappa shape index (κ3) is 5.53. The molecule has 1 aromatic rings. The van der Waals surface area contributed by atoms with E-state index >= 15 is 0 Å². The predicted molar refractivity (Wildman–Crippen MR) is 84.8 cm³/mol. The van der Waals surface area contributed by atoms with Crippen molar-refractivity contribution in [3.05, 3.63) is 33.3 Å². The Hall–Kier alpha value is -0.540. The van der Waals surface area contributed by atoms with Crippen LogP contribution in [0.5, 0.6) is 0 Å². The first-order valence-corrected chi connectivity index (χ1v) is 7.83. The zero-order chi connectivity index (χ0) is 14.4. The average Bonchev–Trinajstić information content (AvgIpc) is 2.31. The van der Waals surface area contributed by atoms with E-state index in [0.717, 1.165) is 17.3 Å². The largest absolute Gasteiger partial charge is 0.350 e. The lowest BCUT2D eigenvalue weighted by molar-refractivity contribution is 0.0938. The van der Waals surface area contributed by atoms with Crippen LogP contribution in [-0.2, 0) is 0 Å². The molecule has 1 rings (SSSR count). The summed E-state index contributed by atoms with van der Waals surface area (Å²) < 4.78 is 0.745. The van der Waals surface area contributed by atoms with Crippen LogP contribution in [0, 0.1) is 5.92 Å². The van der Waals surface area contributed by atoms with Gasteiger partial charge < -0.3 is 5.32 Å². The van der Waals surface area contributed by atoms with E-state index in [-0.39, 0.29) is 11.9 Å². The lowest BCUT2D eigenvalue weighted by Crippen LogP contribution is -2.32. The van der Waals surface area contributed by atoms with E-state index in [4.69, 9.17) is 11.6 Å². The maximum absolute atomic E-state index is 12.1. The second-order valence-electron chi connectivity index (χ2n) is 5.30. The van der Waals surface area contributed by atoms with E-state index in [1.54, 1.807) is 6.07 Å². The maximum Gasteiger partial charge on any atom is 0.253 e. The van der Waals surface area contributed by atoms with Gasteiger partial charge in [-0.1, -0.05) is 44.4 Å². The van der Waals surface area contributed by atoms with Crippen LogP contribution in [0.3, 0.4) is 0 Å². The zero-order valence-corrected chi connectivity index (χ0v) is 14.0. The van der Waals surface area contributed by atoms with E-state index in [1.165, 1.54) is 6.42 Å².